The Morgan fingerprint density at radius 3 is 2.84 bits per heavy atom. The van der Waals surface area contributed by atoms with Crippen molar-refractivity contribution in [1.82, 2.24) is 4.90 Å². The Bertz CT molecular complexity index is 419. The number of halogens is 1. The molecule has 1 aliphatic heterocycles. The highest BCUT2D eigenvalue weighted by Crippen LogP contribution is 2.20. The van der Waals surface area contributed by atoms with Crippen molar-refractivity contribution in [3.05, 3.63) is 33.4 Å². The van der Waals surface area contributed by atoms with Gasteiger partial charge in [-0.25, -0.2) is 0 Å². The molecule has 4 heteroatoms. The van der Waals surface area contributed by atoms with Gasteiger partial charge in [0, 0.05) is 16.7 Å². The smallest absolute Gasteiger partial charge is 0.310 e. The van der Waals surface area contributed by atoms with Crippen LogP contribution in [-0.4, -0.2) is 30.6 Å². The van der Waals surface area contributed by atoms with Crippen LogP contribution in [0.5, 0.6) is 0 Å². The van der Waals surface area contributed by atoms with Gasteiger partial charge in [0.15, 0.2) is 0 Å². The fourth-order valence-electron chi connectivity index (χ4n) is 2.50. The molecule has 1 saturated heterocycles. The van der Waals surface area contributed by atoms with Crippen molar-refractivity contribution in [2.45, 2.75) is 26.3 Å². The van der Waals surface area contributed by atoms with Crippen molar-refractivity contribution in [1.29, 1.82) is 0 Å². The molecule has 1 aromatic carbocycles. The molecular weight excluding hydrogens is 353 g/mol. The quantitative estimate of drug-likeness (QED) is 0.600. The van der Waals surface area contributed by atoms with Crippen molar-refractivity contribution in [3.8, 4) is 0 Å². The van der Waals surface area contributed by atoms with Gasteiger partial charge in [-0.15, -0.1) is 0 Å². The van der Waals surface area contributed by atoms with E-state index in [9.17, 15) is 4.79 Å². The Balaban J connectivity index is 1.90. The third-order valence-corrected chi connectivity index (χ3v) is 4.16. The normalized spacial score (nSPS) is 20.2. The van der Waals surface area contributed by atoms with E-state index >= 15 is 0 Å². The van der Waals surface area contributed by atoms with E-state index < -0.39 is 0 Å². The van der Waals surface area contributed by atoms with Gasteiger partial charge in [0.1, 0.15) is 0 Å². The minimum Gasteiger partial charge on any atom is -0.466 e. The van der Waals surface area contributed by atoms with Gasteiger partial charge in [-0.2, -0.15) is 0 Å². The van der Waals surface area contributed by atoms with Crippen LogP contribution >= 0.6 is 22.6 Å². The Morgan fingerprint density at radius 2 is 2.16 bits per heavy atom. The van der Waals surface area contributed by atoms with Crippen LogP contribution in [0.15, 0.2) is 24.3 Å². The van der Waals surface area contributed by atoms with Crippen LogP contribution in [0.3, 0.4) is 0 Å². The van der Waals surface area contributed by atoms with Crippen LogP contribution in [0.4, 0.5) is 0 Å². The number of nitrogens with zero attached hydrogens (tertiary/aromatic N) is 1. The number of esters is 1. The van der Waals surface area contributed by atoms with Crippen molar-refractivity contribution >= 4 is 28.6 Å². The van der Waals surface area contributed by atoms with E-state index in [0.717, 1.165) is 32.5 Å². The summed E-state index contributed by atoms with van der Waals surface area (Å²) in [7, 11) is 0. The number of carbonyl (C=O) groups is 1. The van der Waals surface area contributed by atoms with E-state index in [0.29, 0.717) is 6.61 Å². The first-order valence-electron chi connectivity index (χ1n) is 6.82. The zero-order valence-electron chi connectivity index (χ0n) is 11.3. The van der Waals surface area contributed by atoms with Crippen LogP contribution in [-0.2, 0) is 16.1 Å². The zero-order chi connectivity index (χ0) is 13.7. The summed E-state index contributed by atoms with van der Waals surface area (Å²) in [6.07, 6.45) is 2.04. The Labute approximate surface area is 128 Å². The van der Waals surface area contributed by atoms with Gasteiger partial charge in [0.05, 0.1) is 12.5 Å². The minimum absolute atomic E-state index is 0.0326. The van der Waals surface area contributed by atoms with Gasteiger partial charge >= 0.3 is 5.97 Å². The first-order chi connectivity index (χ1) is 9.19. The summed E-state index contributed by atoms with van der Waals surface area (Å²) in [5.41, 5.74) is 1.31. The summed E-state index contributed by atoms with van der Waals surface area (Å²) in [6.45, 7) is 5.16. The average molecular weight is 373 g/mol. The second kappa shape index (κ2) is 7.24. The van der Waals surface area contributed by atoms with Crippen LogP contribution < -0.4 is 0 Å². The molecule has 0 unspecified atom stereocenters. The van der Waals surface area contributed by atoms with Crippen molar-refractivity contribution in [3.63, 3.8) is 0 Å². The Kier molecular flexibility index (Phi) is 5.63. The molecule has 1 fully saturated rings. The molecule has 2 rings (SSSR count). The van der Waals surface area contributed by atoms with Crippen LogP contribution in [0.2, 0.25) is 0 Å². The fraction of sp³-hybridized carbons (Fsp3) is 0.533. The summed E-state index contributed by atoms with van der Waals surface area (Å²) in [4.78, 5) is 14.1. The Hall–Kier alpha value is -0.620. The maximum absolute atomic E-state index is 11.8. The molecule has 1 aromatic rings. The van der Waals surface area contributed by atoms with Gasteiger partial charge in [0.2, 0.25) is 0 Å². The largest absolute Gasteiger partial charge is 0.466 e. The third kappa shape index (κ3) is 4.45. The monoisotopic (exact) mass is 373 g/mol. The number of likely N-dealkylation sites (tertiary alicyclic amines) is 1. The van der Waals surface area contributed by atoms with Crippen molar-refractivity contribution in [2.24, 2.45) is 5.92 Å². The standard InChI is InChI=1S/C15H20INO2/c1-2-19-15(18)13-4-3-9-17(11-13)10-12-5-7-14(16)8-6-12/h5-8,13H,2-4,9-11H2,1H3/t13-/m1/s1. The number of hydrogen-bond acceptors (Lipinski definition) is 3. The molecule has 1 heterocycles. The molecule has 104 valence electrons. The number of benzene rings is 1. The lowest BCUT2D eigenvalue weighted by Crippen LogP contribution is -2.38. The topological polar surface area (TPSA) is 29.5 Å². The van der Waals surface area contributed by atoms with Gasteiger partial charge in [-0.05, 0) is 66.6 Å². The van der Waals surface area contributed by atoms with E-state index in [2.05, 4.69) is 51.8 Å². The van der Waals surface area contributed by atoms with Crippen molar-refractivity contribution < 1.29 is 9.53 Å². The first kappa shape index (κ1) is 14.8. The first-order valence-corrected chi connectivity index (χ1v) is 7.90. The predicted octanol–water partition coefficient (Wildman–Crippen LogP) is 3.07. The lowest BCUT2D eigenvalue weighted by molar-refractivity contribution is -0.150. The van der Waals surface area contributed by atoms with Gasteiger partial charge in [-0.1, -0.05) is 12.1 Å². The van der Waals surface area contributed by atoms with Crippen molar-refractivity contribution in [2.75, 3.05) is 19.7 Å². The molecule has 0 amide bonds. The number of rotatable bonds is 4. The molecule has 0 spiro atoms. The van der Waals surface area contributed by atoms with E-state index in [-0.39, 0.29) is 11.9 Å². The molecule has 1 atom stereocenters. The molecule has 0 N–H and O–H groups in total. The van der Waals surface area contributed by atoms with Gasteiger partial charge in [-0.3, -0.25) is 9.69 Å². The maximum Gasteiger partial charge on any atom is 0.310 e. The lowest BCUT2D eigenvalue weighted by atomic mass is 9.98. The zero-order valence-corrected chi connectivity index (χ0v) is 13.4. The fourth-order valence-corrected chi connectivity index (χ4v) is 2.86. The highest BCUT2D eigenvalue weighted by Gasteiger charge is 2.26. The molecule has 19 heavy (non-hydrogen) atoms. The minimum atomic E-state index is -0.0326. The molecular formula is C15H20INO2. The van der Waals surface area contributed by atoms with E-state index in [1.807, 2.05) is 6.92 Å². The highest BCUT2D eigenvalue weighted by molar-refractivity contribution is 14.1. The molecule has 0 radical (unpaired) electrons. The summed E-state index contributed by atoms with van der Waals surface area (Å²) in [6, 6.07) is 8.58. The van der Waals surface area contributed by atoms with Gasteiger partial charge in [0.25, 0.3) is 0 Å². The molecule has 0 aromatic heterocycles. The summed E-state index contributed by atoms with van der Waals surface area (Å²) >= 11 is 2.31. The highest BCUT2D eigenvalue weighted by atomic mass is 127. The second-order valence-electron chi connectivity index (χ2n) is 4.95. The average Bonchev–Trinajstić information content (AvgIpc) is 2.42. The lowest BCUT2D eigenvalue weighted by Gasteiger charge is -2.31. The number of piperidine rings is 1. The molecule has 3 nitrogen and oxygen atoms in total. The molecule has 0 aliphatic carbocycles. The molecule has 0 saturated carbocycles. The predicted molar refractivity (Wildman–Crippen MR) is 83.8 cm³/mol. The SMILES string of the molecule is CCOC(=O)[C@@H]1CCCN(Cc2ccc(I)cc2)C1. The second-order valence-corrected chi connectivity index (χ2v) is 6.20. The summed E-state index contributed by atoms with van der Waals surface area (Å²) in [5.74, 6) is 0.0207. The van der Waals surface area contributed by atoms with Crippen LogP contribution in [0.1, 0.15) is 25.3 Å². The van der Waals surface area contributed by atoms with E-state index in [1.165, 1.54) is 9.13 Å². The summed E-state index contributed by atoms with van der Waals surface area (Å²) in [5, 5.41) is 0. The third-order valence-electron chi connectivity index (χ3n) is 3.44. The van der Waals surface area contributed by atoms with Crippen LogP contribution in [0.25, 0.3) is 0 Å². The molecule has 1 aliphatic rings. The summed E-state index contributed by atoms with van der Waals surface area (Å²) < 4.78 is 6.38. The maximum atomic E-state index is 11.8. The van der Waals surface area contributed by atoms with Crippen LogP contribution in [0, 0.1) is 9.49 Å². The Morgan fingerprint density at radius 1 is 1.42 bits per heavy atom. The number of carbonyl (C=O) groups excluding carboxylic acids is 1. The number of hydrogen-bond donors (Lipinski definition) is 0. The molecule has 0 bridgehead atoms. The van der Waals surface area contributed by atoms with E-state index in [4.69, 9.17) is 4.74 Å². The van der Waals surface area contributed by atoms with Gasteiger partial charge < -0.3 is 4.74 Å². The number of ether oxygens (including phenoxy) is 1. The van der Waals surface area contributed by atoms with E-state index in [1.54, 1.807) is 0 Å².